The fourth-order valence-corrected chi connectivity index (χ4v) is 5.31. The molecule has 1 fully saturated rings. The number of rotatable bonds is 8. The van der Waals surface area contributed by atoms with Crippen molar-refractivity contribution in [3.05, 3.63) is 93.8 Å². The third-order valence-electron chi connectivity index (χ3n) is 7.27. The van der Waals surface area contributed by atoms with E-state index in [4.69, 9.17) is 11.6 Å². The Morgan fingerprint density at radius 1 is 0.765 bits per heavy atom. The zero-order valence-corrected chi connectivity index (χ0v) is 20.5. The van der Waals surface area contributed by atoms with Gasteiger partial charge in [-0.2, -0.15) is 0 Å². The quantitative estimate of drug-likeness (QED) is 0.298. The van der Waals surface area contributed by atoms with E-state index in [1.165, 1.54) is 61.1 Å². The molecule has 0 heterocycles. The van der Waals surface area contributed by atoms with Crippen LogP contribution in [0.15, 0.2) is 54.6 Å². The average Bonchev–Trinajstić information content (AvgIpc) is 2.84. The van der Waals surface area contributed by atoms with Gasteiger partial charge < -0.3 is 0 Å². The molecule has 0 unspecified atom stereocenters. The fourth-order valence-electron chi connectivity index (χ4n) is 5.19. The van der Waals surface area contributed by atoms with Crippen molar-refractivity contribution in [2.45, 2.75) is 70.6 Å². The van der Waals surface area contributed by atoms with Crippen molar-refractivity contribution in [1.82, 2.24) is 0 Å². The van der Waals surface area contributed by atoms with Crippen molar-refractivity contribution in [2.75, 3.05) is 0 Å². The Hall–Kier alpha value is -2.26. The summed E-state index contributed by atoms with van der Waals surface area (Å²) >= 11 is 5.69. The van der Waals surface area contributed by atoms with E-state index in [1.54, 1.807) is 0 Å². The third kappa shape index (κ3) is 6.05. The molecule has 180 valence electrons. The highest BCUT2D eigenvalue weighted by Gasteiger charge is 2.23. The van der Waals surface area contributed by atoms with Gasteiger partial charge in [-0.25, -0.2) is 13.2 Å². The Kier molecular flexibility index (Phi) is 8.37. The van der Waals surface area contributed by atoms with E-state index in [2.05, 4.69) is 31.2 Å². The van der Waals surface area contributed by atoms with Crippen molar-refractivity contribution in [3.8, 4) is 11.1 Å². The summed E-state index contributed by atoms with van der Waals surface area (Å²) in [5.41, 5.74) is 3.46. The van der Waals surface area contributed by atoms with Gasteiger partial charge in [0.1, 0.15) is 17.5 Å². The molecule has 0 aromatic heterocycles. The summed E-state index contributed by atoms with van der Waals surface area (Å²) in [4.78, 5) is 0. The van der Waals surface area contributed by atoms with Crippen LogP contribution in [0.3, 0.4) is 0 Å². The van der Waals surface area contributed by atoms with E-state index in [0.29, 0.717) is 23.8 Å². The van der Waals surface area contributed by atoms with Crippen LogP contribution in [0.4, 0.5) is 13.2 Å². The molecule has 0 atom stereocenters. The predicted octanol–water partition coefficient (Wildman–Crippen LogP) is 9.67. The number of hydrogen-bond acceptors (Lipinski definition) is 0. The van der Waals surface area contributed by atoms with E-state index in [1.807, 2.05) is 0 Å². The molecule has 4 rings (SSSR count). The Labute approximate surface area is 206 Å². The number of aryl methyl sites for hydroxylation is 2. The molecule has 0 radical (unpaired) electrons. The number of benzene rings is 3. The molecule has 0 bridgehead atoms. The van der Waals surface area contributed by atoms with Crippen LogP contribution in [0.1, 0.15) is 74.5 Å². The van der Waals surface area contributed by atoms with Crippen molar-refractivity contribution in [1.29, 1.82) is 0 Å². The van der Waals surface area contributed by atoms with Gasteiger partial charge in [0.2, 0.25) is 0 Å². The maximum Gasteiger partial charge on any atom is 0.142 e. The number of hydrogen-bond donors (Lipinski definition) is 0. The van der Waals surface area contributed by atoms with Gasteiger partial charge in [-0.05, 0) is 110 Å². The highest BCUT2D eigenvalue weighted by atomic mass is 35.5. The second kappa shape index (κ2) is 11.4. The summed E-state index contributed by atoms with van der Waals surface area (Å²) in [5.74, 6) is -0.822. The molecule has 3 aromatic rings. The Morgan fingerprint density at radius 2 is 1.44 bits per heavy atom. The van der Waals surface area contributed by atoms with Gasteiger partial charge in [0, 0.05) is 0 Å². The lowest BCUT2D eigenvalue weighted by atomic mass is 9.76. The van der Waals surface area contributed by atoms with Crippen molar-refractivity contribution >= 4 is 11.6 Å². The molecule has 0 aliphatic heterocycles. The van der Waals surface area contributed by atoms with Crippen molar-refractivity contribution < 1.29 is 13.2 Å². The summed E-state index contributed by atoms with van der Waals surface area (Å²) in [7, 11) is 0. The van der Waals surface area contributed by atoms with Gasteiger partial charge in [-0.15, -0.1) is 0 Å². The predicted molar refractivity (Wildman–Crippen MR) is 135 cm³/mol. The van der Waals surface area contributed by atoms with Crippen LogP contribution in [-0.4, -0.2) is 0 Å². The largest absolute Gasteiger partial charge is 0.206 e. The summed E-state index contributed by atoms with van der Waals surface area (Å²) in [5, 5.41) is -0.0695. The first-order valence-corrected chi connectivity index (χ1v) is 12.8. The summed E-state index contributed by atoms with van der Waals surface area (Å²) in [6.07, 6.45) is 9.82. The number of halogens is 4. The first-order chi connectivity index (χ1) is 16.4. The van der Waals surface area contributed by atoms with E-state index in [0.717, 1.165) is 31.7 Å². The van der Waals surface area contributed by atoms with Crippen LogP contribution in [0.2, 0.25) is 5.02 Å². The van der Waals surface area contributed by atoms with Crippen molar-refractivity contribution in [3.63, 3.8) is 0 Å². The van der Waals surface area contributed by atoms with E-state index in [-0.39, 0.29) is 16.1 Å². The second-order valence-corrected chi connectivity index (χ2v) is 10.1. The van der Waals surface area contributed by atoms with Gasteiger partial charge in [0.05, 0.1) is 10.6 Å². The molecule has 0 spiro atoms. The van der Waals surface area contributed by atoms with Gasteiger partial charge in [0.15, 0.2) is 0 Å². The molecule has 0 nitrogen and oxygen atoms in total. The van der Waals surface area contributed by atoms with E-state index >= 15 is 0 Å². The van der Waals surface area contributed by atoms with Crippen LogP contribution in [-0.2, 0) is 12.8 Å². The standard InChI is InChI=1S/C30H32ClF3/c1-2-3-4-20-7-11-23(12-8-20)24-13-9-21(10-14-24)5-6-22-17-28(33)30(29(34)18-22)25-15-16-26(31)27(32)19-25/h7-8,11-12,15-19,21,24H,2-6,9-10,13-14H2,1H3. The molecular weight excluding hydrogens is 453 g/mol. The molecule has 1 aliphatic rings. The molecule has 4 heteroatoms. The Balaban J connectivity index is 1.32. The highest BCUT2D eigenvalue weighted by Crippen LogP contribution is 2.38. The molecule has 34 heavy (non-hydrogen) atoms. The smallest absolute Gasteiger partial charge is 0.142 e. The zero-order chi connectivity index (χ0) is 24.1. The van der Waals surface area contributed by atoms with Crippen LogP contribution >= 0.6 is 11.6 Å². The monoisotopic (exact) mass is 484 g/mol. The lowest BCUT2D eigenvalue weighted by molar-refractivity contribution is 0.310. The minimum atomic E-state index is -0.690. The van der Waals surface area contributed by atoms with Gasteiger partial charge >= 0.3 is 0 Å². The molecule has 3 aromatic carbocycles. The minimum absolute atomic E-state index is 0.0695. The van der Waals surface area contributed by atoms with E-state index in [9.17, 15) is 13.2 Å². The number of unbranched alkanes of at least 4 members (excludes halogenated alkanes) is 1. The summed E-state index contributed by atoms with van der Waals surface area (Å²) in [6.45, 7) is 2.22. The second-order valence-electron chi connectivity index (χ2n) is 9.66. The molecular formula is C30H32ClF3. The molecule has 1 aliphatic carbocycles. The SMILES string of the molecule is CCCCc1ccc(C2CCC(CCc3cc(F)c(-c4ccc(Cl)c(F)c4)c(F)c3)CC2)cc1. The summed E-state index contributed by atoms with van der Waals surface area (Å²) in [6, 6.07) is 15.8. The van der Waals surface area contributed by atoms with Crippen LogP contribution in [0, 0.1) is 23.4 Å². The molecule has 0 amide bonds. The minimum Gasteiger partial charge on any atom is -0.206 e. The average molecular weight is 485 g/mol. The zero-order valence-electron chi connectivity index (χ0n) is 19.7. The molecule has 1 saturated carbocycles. The van der Waals surface area contributed by atoms with E-state index < -0.39 is 17.5 Å². The maximum atomic E-state index is 14.7. The normalized spacial score (nSPS) is 18.3. The Bertz CT molecular complexity index is 1080. The van der Waals surface area contributed by atoms with Gasteiger partial charge in [0.25, 0.3) is 0 Å². The summed E-state index contributed by atoms with van der Waals surface area (Å²) < 4.78 is 43.2. The first-order valence-electron chi connectivity index (χ1n) is 12.5. The third-order valence-corrected chi connectivity index (χ3v) is 7.57. The van der Waals surface area contributed by atoms with Crippen LogP contribution in [0.25, 0.3) is 11.1 Å². The van der Waals surface area contributed by atoms with Crippen LogP contribution < -0.4 is 0 Å². The van der Waals surface area contributed by atoms with Gasteiger partial charge in [-0.3, -0.25) is 0 Å². The van der Waals surface area contributed by atoms with Gasteiger partial charge in [-0.1, -0.05) is 55.3 Å². The van der Waals surface area contributed by atoms with Crippen molar-refractivity contribution in [2.24, 2.45) is 5.92 Å². The molecule has 0 saturated heterocycles. The maximum absolute atomic E-state index is 14.7. The lowest BCUT2D eigenvalue weighted by Crippen LogP contribution is -2.14. The first kappa shape index (κ1) is 24.9. The highest BCUT2D eigenvalue weighted by molar-refractivity contribution is 6.30. The Morgan fingerprint density at radius 3 is 2.06 bits per heavy atom. The lowest BCUT2D eigenvalue weighted by Gasteiger charge is -2.29. The fraction of sp³-hybridized carbons (Fsp3) is 0.400. The molecule has 0 N–H and O–H groups in total. The topological polar surface area (TPSA) is 0 Å². The van der Waals surface area contributed by atoms with Crippen LogP contribution in [0.5, 0.6) is 0 Å².